The van der Waals surface area contributed by atoms with Crippen molar-refractivity contribution in [1.82, 2.24) is 10.2 Å². The average Bonchev–Trinajstić information content (AvgIpc) is 3.24. The molecule has 166 valence electrons. The summed E-state index contributed by atoms with van der Waals surface area (Å²) in [5.74, 6) is -0.360. The second-order valence-corrected chi connectivity index (χ2v) is 10.1. The summed E-state index contributed by atoms with van der Waals surface area (Å²) in [6.45, 7) is 2.54. The minimum Gasteiger partial charge on any atom is -0.496 e. The summed E-state index contributed by atoms with van der Waals surface area (Å²) in [6.07, 6.45) is 0. The number of sulfone groups is 1. The maximum Gasteiger partial charge on any atom is 0.233 e. The molecule has 2 aliphatic rings. The van der Waals surface area contributed by atoms with E-state index in [4.69, 9.17) is 4.74 Å². The van der Waals surface area contributed by atoms with Gasteiger partial charge in [-0.05, 0) is 23.8 Å². The van der Waals surface area contributed by atoms with E-state index in [1.54, 1.807) is 36.3 Å². The van der Waals surface area contributed by atoms with Crippen molar-refractivity contribution in [3.8, 4) is 5.75 Å². The van der Waals surface area contributed by atoms with Crippen LogP contribution in [0.3, 0.4) is 0 Å². The van der Waals surface area contributed by atoms with Crippen molar-refractivity contribution >= 4 is 32.2 Å². The molecular weight excluding hydrogens is 426 g/mol. The van der Waals surface area contributed by atoms with Crippen LogP contribution < -0.4 is 15.4 Å². The molecule has 2 heterocycles. The molecule has 0 bridgehead atoms. The number of carbonyl (C=O) groups is 1. The van der Waals surface area contributed by atoms with Crippen LogP contribution in [-0.2, 0) is 14.6 Å². The quantitative estimate of drug-likeness (QED) is 0.634. The molecule has 3 aromatic carbocycles. The van der Waals surface area contributed by atoms with Gasteiger partial charge in [-0.25, -0.2) is 8.42 Å². The number of nitrogens with zero attached hydrogens (tertiary/aromatic N) is 1. The highest BCUT2D eigenvalue weighted by atomic mass is 32.2. The van der Waals surface area contributed by atoms with Crippen molar-refractivity contribution in [3.63, 3.8) is 0 Å². The van der Waals surface area contributed by atoms with Gasteiger partial charge >= 0.3 is 0 Å². The molecule has 2 N–H and O–H groups in total. The smallest absolute Gasteiger partial charge is 0.233 e. The van der Waals surface area contributed by atoms with E-state index in [9.17, 15) is 13.2 Å². The molecule has 1 amide bonds. The van der Waals surface area contributed by atoms with E-state index in [1.807, 2.05) is 36.4 Å². The minimum absolute atomic E-state index is 0.157. The SMILES string of the molecule is COc1ccc(S(=O)(=O)C2Nc3ccccc3C2C(=O)N2CCNCC2)c2ccccc12. The first kappa shape index (κ1) is 20.8. The number of ether oxygens (including phenoxy) is 1. The summed E-state index contributed by atoms with van der Waals surface area (Å²) in [5, 5.41) is 6.61. The van der Waals surface area contributed by atoms with Gasteiger partial charge in [-0.3, -0.25) is 4.79 Å². The molecule has 7 nitrogen and oxygen atoms in total. The molecule has 32 heavy (non-hydrogen) atoms. The molecular formula is C24H25N3O4S. The zero-order chi connectivity index (χ0) is 22.3. The summed E-state index contributed by atoms with van der Waals surface area (Å²) in [7, 11) is -2.36. The highest BCUT2D eigenvalue weighted by molar-refractivity contribution is 7.92. The van der Waals surface area contributed by atoms with E-state index in [0.717, 1.165) is 10.9 Å². The standard InChI is InChI=1S/C24H25N3O4S/c1-31-20-10-11-21(17-7-3-2-6-16(17)20)32(29,30)23-22(18-8-4-5-9-19(18)26-23)24(28)27-14-12-25-13-15-27/h2-11,22-23,25-26H,12-15H2,1H3. The minimum atomic E-state index is -3.92. The molecule has 3 aromatic rings. The van der Waals surface area contributed by atoms with Crippen molar-refractivity contribution in [1.29, 1.82) is 0 Å². The van der Waals surface area contributed by atoms with Crippen molar-refractivity contribution in [2.24, 2.45) is 0 Å². The van der Waals surface area contributed by atoms with Gasteiger partial charge in [0.15, 0.2) is 0 Å². The largest absolute Gasteiger partial charge is 0.496 e. The van der Waals surface area contributed by atoms with Gasteiger partial charge in [-0.15, -0.1) is 0 Å². The van der Waals surface area contributed by atoms with Crippen molar-refractivity contribution in [2.75, 3.05) is 38.6 Å². The molecule has 5 rings (SSSR count). The van der Waals surface area contributed by atoms with Gasteiger partial charge < -0.3 is 20.3 Å². The number of fused-ring (bicyclic) bond motifs is 2. The van der Waals surface area contributed by atoms with Crippen LogP contribution in [0.25, 0.3) is 10.8 Å². The lowest BCUT2D eigenvalue weighted by Gasteiger charge is -2.31. The lowest BCUT2D eigenvalue weighted by atomic mass is 9.99. The number of nitrogens with one attached hydrogen (secondary N) is 2. The van der Waals surface area contributed by atoms with Crippen LogP contribution in [-0.4, -0.2) is 57.9 Å². The van der Waals surface area contributed by atoms with E-state index in [0.29, 0.717) is 43.0 Å². The number of piperazine rings is 1. The van der Waals surface area contributed by atoms with E-state index in [2.05, 4.69) is 10.6 Å². The highest BCUT2D eigenvalue weighted by Gasteiger charge is 2.47. The molecule has 1 fully saturated rings. The van der Waals surface area contributed by atoms with Crippen LogP contribution in [0.15, 0.2) is 65.6 Å². The summed E-state index contributed by atoms with van der Waals surface area (Å²) in [5.41, 5.74) is 1.41. The summed E-state index contributed by atoms with van der Waals surface area (Å²) >= 11 is 0. The predicted octanol–water partition coefficient (Wildman–Crippen LogP) is 2.59. The first-order valence-electron chi connectivity index (χ1n) is 10.7. The van der Waals surface area contributed by atoms with Crippen molar-refractivity contribution < 1.29 is 17.9 Å². The number of carbonyl (C=O) groups excluding carboxylic acids is 1. The van der Waals surface area contributed by atoms with Crippen LogP contribution in [0.1, 0.15) is 11.5 Å². The number of anilines is 1. The Bertz CT molecular complexity index is 1290. The van der Waals surface area contributed by atoms with Gasteiger partial charge in [0.05, 0.1) is 12.0 Å². The fraction of sp³-hybridized carbons (Fsp3) is 0.292. The zero-order valence-electron chi connectivity index (χ0n) is 17.7. The first-order chi connectivity index (χ1) is 15.5. The maximum atomic E-state index is 14.0. The molecule has 2 unspecified atom stereocenters. The fourth-order valence-corrected chi connectivity index (χ4v) is 6.63. The Morgan fingerprint density at radius 2 is 1.66 bits per heavy atom. The van der Waals surface area contributed by atoms with Crippen LogP contribution in [0.5, 0.6) is 5.75 Å². The van der Waals surface area contributed by atoms with Crippen LogP contribution in [0.2, 0.25) is 0 Å². The van der Waals surface area contributed by atoms with Gasteiger partial charge in [0.2, 0.25) is 15.7 Å². The molecule has 2 aliphatic heterocycles. The summed E-state index contributed by atoms with van der Waals surface area (Å²) in [4.78, 5) is 15.5. The molecule has 1 saturated heterocycles. The van der Waals surface area contributed by atoms with Crippen molar-refractivity contribution in [3.05, 3.63) is 66.2 Å². The first-order valence-corrected chi connectivity index (χ1v) is 12.2. The molecule has 0 aromatic heterocycles. The summed E-state index contributed by atoms with van der Waals surface area (Å²) < 4.78 is 33.5. The monoisotopic (exact) mass is 451 g/mol. The number of amides is 1. The van der Waals surface area contributed by atoms with Crippen molar-refractivity contribution in [2.45, 2.75) is 16.2 Å². The Hall–Kier alpha value is -3.10. The second-order valence-electron chi connectivity index (χ2n) is 8.06. The van der Waals surface area contributed by atoms with Gasteiger partial charge in [0.1, 0.15) is 17.0 Å². The Kier molecular flexibility index (Phi) is 5.27. The normalized spacial score (nSPS) is 20.6. The van der Waals surface area contributed by atoms with Gasteiger partial charge in [0.25, 0.3) is 0 Å². The van der Waals surface area contributed by atoms with E-state index < -0.39 is 21.1 Å². The summed E-state index contributed by atoms with van der Waals surface area (Å²) in [6, 6.07) is 17.9. The third kappa shape index (κ3) is 3.30. The lowest BCUT2D eigenvalue weighted by Crippen LogP contribution is -2.50. The third-order valence-electron chi connectivity index (χ3n) is 6.30. The van der Waals surface area contributed by atoms with E-state index in [-0.39, 0.29) is 10.8 Å². The Balaban J connectivity index is 1.63. The molecule has 2 atom stereocenters. The molecule has 0 aliphatic carbocycles. The Morgan fingerprint density at radius 3 is 2.41 bits per heavy atom. The van der Waals surface area contributed by atoms with Crippen LogP contribution in [0.4, 0.5) is 5.69 Å². The molecule has 0 radical (unpaired) electrons. The average molecular weight is 452 g/mol. The number of rotatable bonds is 4. The second kappa shape index (κ2) is 8.11. The number of benzene rings is 3. The Morgan fingerprint density at radius 1 is 0.969 bits per heavy atom. The molecule has 0 saturated carbocycles. The fourth-order valence-electron chi connectivity index (χ4n) is 4.71. The third-order valence-corrected chi connectivity index (χ3v) is 8.32. The topological polar surface area (TPSA) is 87.7 Å². The maximum absolute atomic E-state index is 14.0. The van der Waals surface area contributed by atoms with E-state index in [1.165, 1.54) is 0 Å². The van der Waals surface area contributed by atoms with Gasteiger partial charge in [-0.2, -0.15) is 0 Å². The number of hydrogen-bond acceptors (Lipinski definition) is 6. The number of methoxy groups -OCH3 is 1. The number of para-hydroxylation sites is 1. The van der Waals surface area contributed by atoms with E-state index >= 15 is 0 Å². The molecule has 8 heteroatoms. The predicted molar refractivity (Wildman–Crippen MR) is 124 cm³/mol. The Labute approximate surface area is 187 Å². The highest BCUT2D eigenvalue weighted by Crippen LogP contribution is 2.43. The van der Waals surface area contributed by atoms with Gasteiger partial charge in [0, 0.05) is 42.6 Å². The molecule has 0 spiro atoms. The van der Waals surface area contributed by atoms with Crippen LogP contribution in [0, 0.1) is 0 Å². The number of hydrogen-bond donors (Lipinski definition) is 2. The van der Waals surface area contributed by atoms with Crippen LogP contribution >= 0.6 is 0 Å². The zero-order valence-corrected chi connectivity index (χ0v) is 18.6. The lowest BCUT2D eigenvalue weighted by molar-refractivity contribution is -0.133. The van der Waals surface area contributed by atoms with Gasteiger partial charge in [-0.1, -0.05) is 42.5 Å².